The van der Waals surface area contributed by atoms with Crippen molar-refractivity contribution >= 4 is 29.0 Å². The summed E-state index contributed by atoms with van der Waals surface area (Å²) in [6.07, 6.45) is 1.25. The van der Waals surface area contributed by atoms with E-state index < -0.39 is 5.91 Å². The van der Waals surface area contributed by atoms with E-state index in [1.165, 1.54) is 13.3 Å². The van der Waals surface area contributed by atoms with Crippen LogP contribution in [0.4, 0.5) is 11.5 Å². The highest BCUT2D eigenvalue weighted by Gasteiger charge is 2.13. The summed E-state index contributed by atoms with van der Waals surface area (Å²) in [4.78, 5) is 19.2. The molecule has 1 heterocycles. The number of carbonyl (C=O) groups is 1. The maximum atomic E-state index is 11.3. The number of rotatable bonds is 5. The first-order valence-corrected chi connectivity index (χ1v) is 6.24. The van der Waals surface area contributed by atoms with E-state index in [0.717, 1.165) is 0 Å². The second-order valence-corrected chi connectivity index (χ2v) is 4.34. The van der Waals surface area contributed by atoms with Gasteiger partial charge < -0.3 is 20.5 Å². The lowest BCUT2D eigenvalue weighted by Gasteiger charge is -2.12. The average molecular weight is 309 g/mol. The summed E-state index contributed by atoms with van der Waals surface area (Å²) in [5, 5.41) is 3.07. The molecule has 2 aromatic rings. The van der Waals surface area contributed by atoms with E-state index in [-0.39, 0.29) is 16.7 Å². The Morgan fingerprint density at radius 3 is 2.62 bits per heavy atom. The van der Waals surface area contributed by atoms with Crippen molar-refractivity contribution < 1.29 is 14.3 Å². The lowest BCUT2D eigenvalue weighted by Crippen LogP contribution is -2.16. The van der Waals surface area contributed by atoms with Crippen molar-refractivity contribution in [1.82, 2.24) is 9.97 Å². The molecule has 2 rings (SSSR count). The predicted molar refractivity (Wildman–Crippen MR) is 78.4 cm³/mol. The van der Waals surface area contributed by atoms with Crippen LogP contribution in [0.2, 0.25) is 5.15 Å². The van der Waals surface area contributed by atoms with Gasteiger partial charge in [-0.25, -0.2) is 9.97 Å². The maximum Gasteiger partial charge on any atom is 0.271 e. The van der Waals surface area contributed by atoms with Gasteiger partial charge in [0.05, 0.1) is 20.4 Å². The lowest BCUT2D eigenvalue weighted by molar-refractivity contribution is 0.0996. The Balaban J connectivity index is 2.38. The fourth-order valence-electron chi connectivity index (χ4n) is 1.69. The maximum absolute atomic E-state index is 11.3. The first-order valence-electron chi connectivity index (χ1n) is 5.86. The van der Waals surface area contributed by atoms with Gasteiger partial charge in [0, 0.05) is 11.8 Å². The highest BCUT2D eigenvalue weighted by Crippen LogP contribution is 2.31. The highest BCUT2D eigenvalue weighted by molar-refractivity contribution is 6.29. The number of aromatic nitrogens is 2. The Morgan fingerprint density at radius 1 is 1.29 bits per heavy atom. The Labute approximate surface area is 126 Å². The molecule has 0 saturated carbocycles. The van der Waals surface area contributed by atoms with E-state index >= 15 is 0 Å². The summed E-state index contributed by atoms with van der Waals surface area (Å²) in [6.45, 7) is 0. The number of benzene rings is 1. The molecule has 3 N–H and O–H groups in total. The van der Waals surface area contributed by atoms with E-state index in [4.69, 9.17) is 26.8 Å². The van der Waals surface area contributed by atoms with Gasteiger partial charge in [0.25, 0.3) is 5.91 Å². The molecule has 0 aliphatic carbocycles. The van der Waals surface area contributed by atoms with Crippen LogP contribution in [0.5, 0.6) is 11.5 Å². The number of halogens is 1. The van der Waals surface area contributed by atoms with Crippen LogP contribution in [0.1, 0.15) is 10.5 Å². The first kappa shape index (κ1) is 14.9. The standard InChI is InChI=1S/C13H13ClN4O3/c1-20-8-4-3-7(5-9(8)21-2)17-13-11(12(15)19)16-6-10(14)18-13/h3-6H,1-2H3,(H2,15,19)(H,17,18). The molecule has 0 bridgehead atoms. The molecule has 0 fully saturated rings. The van der Waals surface area contributed by atoms with Crippen LogP contribution in [0.3, 0.4) is 0 Å². The van der Waals surface area contributed by atoms with Gasteiger partial charge in [-0.15, -0.1) is 0 Å². The average Bonchev–Trinajstić information content (AvgIpc) is 2.46. The molecule has 1 aromatic carbocycles. The second-order valence-electron chi connectivity index (χ2n) is 3.95. The van der Waals surface area contributed by atoms with Gasteiger partial charge in [-0.3, -0.25) is 4.79 Å². The summed E-state index contributed by atoms with van der Waals surface area (Å²) in [5.41, 5.74) is 5.86. The summed E-state index contributed by atoms with van der Waals surface area (Å²) in [7, 11) is 3.06. The van der Waals surface area contributed by atoms with Crippen molar-refractivity contribution in [3.63, 3.8) is 0 Å². The molecule has 21 heavy (non-hydrogen) atoms. The Morgan fingerprint density at radius 2 is 2.00 bits per heavy atom. The zero-order valence-corrected chi connectivity index (χ0v) is 12.1. The molecular weight excluding hydrogens is 296 g/mol. The number of nitrogens with one attached hydrogen (secondary N) is 1. The molecule has 7 nitrogen and oxygen atoms in total. The van der Waals surface area contributed by atoms with Crippen molar-refractivity contribution in [2.24, 2.45) is 5.73 Å². The zero-order valence-electron chi connectivity index (χ0n) is 11.4. The van der Waals surface area contributed by atoms with E-state index in [2.05, 4.69) is 15.3 Å². The number of methoxy groups -OCH3 is 2. The monoisotopic (exact) mass is 308 g/mol. The number of ether oxygens (including phenoxy) is 2. The molecule has 0 spiro atoms. The molecule has 0 aliphatic heterocycles. The first-order chi connectivity index (χ1) is 10.0. The van der Waals surface area contributed by atoms with Crippen molar-refractivity contribution in [3.05, 3.63) is 35.2 Å². The smallest absolute Gasteiger partial charge is 0.271 e. The van der Waals surface area contributed by atoms with Crippen molar-refractivity contribution in [3.8, 4) is 11.5 Å². The van der Waals surface area contributed by atoms with Gasteiger partial charge in [-0.2, -0.15) is 0 Å². The van der Waals surface area contributed by atoms with E-state index in [1.54, 1.807) is 25.3 Å². The number of nitrogens with two attached hydrogens (primary N) is 1. The Bertz CT molecular complexity index is 678. The number of primary amides is 1. The Kier molecular flexibility index (Phi) is 4.44. The lowest BCUT2D eigenvalue weighted by atomic mass is 10.2. The van der Waals surface area contributed by atoms with Gasteiger partial charge in [0.1, 0.15) is 5.15 Å². The van der Waals surface area contributed by atoms with Crippen molar-refractivity contribution in [1.29, 1.82) is 0 Å². The third kappa shape index (κ3) is 3.32. The molecule has 1 amide bonds. The molecule has 0 aliphatic rings. The highest BCUT2D eigenvalue weighted by atomic mass is 35.5. The van der Waals surface area contributed by atoms with Gasteiger partial charge in [-0.05, 0) is 12.1 Å². The number of hydrogen-bond donors (Lipinski definition) is 2. The minimum Gasteiger partial charge on any atom is -0.493 e. The zero-order chi connectivity index (χ0) is 15.4. The largest absolute Gasteiger partial charge is 0.493 e. The third-order valence-corrected chi connectivity index (χ3v) is 2.80. The molecule has 110 valence electrons. The van der Waals surface area contributed by atoms with Crippen LogP contribution in [0, 0.1) is 0 Å². The topological polar surface area (TPSA) is 99.4 Å². The summed E-state index contributed by atoms with van der Waals surface area (Å²) >= 11 is 5.78. The molecule has 8 heteroatoms. The fourth-order valence-corrected chi connectivity index (χ4v) is 1.82. The van der Waals surface area contributed by atoms with Gasteiger partial charge in [-0.1, -0.05) is 11.6 Å². The van der Waals surface area contributed by atoms with Gasteiger partial charge >= 0.3 is 0 Å². The molecular formula is C13H13ClN4O3. The molecule has 0 radical (unpaired) electrons. The molecule has 0 atom stereocenters. The molecule has 0 saturated heterocycles. The van der Waals surface area contributed by atoms with Crippen LogP contribution in [-0.4, -0.2) is 30.1 Å². The summed E-state index contributed by atoms with van der Waals surface area (Å²) in [5.74, 6) is 0.567. The number of amides is 1. The van der Waals surface area contributed by atoms with Crippen LogP contribution < -0.4 is 20.5 Å². The molecule has 1 aromatic heterocycles. The molecule has 0 unspecified atom stereocenters. The fraction of sp³-hybridized carbons (Fsp3) is 0.154. The number of hydrogen-bond acceptors (Lipinski definition) is 6. The number of nitrogens with zero attached hydrogens (tertiary/aromatic N) is 2. The van der Waals surface area contributed by atoms with Crippen LogP contribution in [0.15, 0.2) is 24.4 Å². The van der Waals surface area contributed by atoms with Gasteiger partial charge in [0.15, 0.2) is 23.0 Å². The van der Waals surface area contributed by atoms with Gasteiger partial charge in [0.2, 0.25) is 0 Å². The Hall–Kier alpha value is -2.54. The van der Waals surface area contributed by atoms with E-state index in [0.29, 0.717) is 17.2 Å². The summed E-state index contributed by atoms with van der Waals surface area (Å²) < 4.78 is 10.3. The quantitative estimate of drug-likeness (QED) is 0.876. The minimum atomic E-state index is -0.706. The van der Waals surface area contributed by atoms with E-state index in [9.17, 15) is 4.79 Å². The predicted octanol–water partition coefficient (Wildman–Crippen LogP) is 1.99. The number of anilines is 2. The SMILES string of the molecule is COc1ccc(Nc2nc(Cl)cnc2C(N)=O)cc1OC. The minimum absolute atomic E-state index is 0.00538. The summed E-state index contributed by atoms with van der Waals surface area (Å²) in [6, 6.07) is 5.13. The van der Waals surface area contributed by atoms with Crippen LogP contribution >= 0.6 is 11.6 Å². The van der Waals surface area contributed by atoms with E-state index in [1.807, 2.05) is 0 Å². The van der Waals surface area contributed by atoms with Crippen molar-refractivity contribution in [2.45, 2.75) is 0 Å². The number of carbonyl (C=O) groups excluding carboxylic acids is 1. The van der Waals surface area contributed by atoms with Crippen molar-refractivity contribution in [2.75, 3.05) is 19.5 Å². The third-order valence-electron chi connectivity index (χ3n) is 2.62. The van der Waals surface area contributed by atoms with Crippen LogP contribution in [0.25, 0.3) is 0 Å². The van der Waals surface area contributed by atoms with Crippen LogP contribution in [-0.2, 0) is 0 Å². The second kappa shape index (κ2) is 6.27. The normalized spacial score (nSPS) is 10.0.